The second kappa shape index (κ2) is 10.0. The number of carboxylic acids is 1. The number of esters is 1. The summed E-state index contributed by atoms with van der Waals surface area (Å²) in [6.45, 7) is 3.71. The van der Waals surface area contributed by atoms with Crippen molar-refractivity contribution in [2.24, 2.45) is 4.99 Å². The number of aromatic carboxylic acids is 1. The first-order valence-corrected chi connectivity index (χ1v) is 13.2. The molecule has 6 rings (SSSR count). The van der Waals surface area contributed by atoms with Crippen molar-refractivity contribution in [1.29, 1.82) is 0 Å². The van der Waals surface area contributed by atoms with Crippen molar-refractivity contribution < 1.29 is 33.3 Å². The van der Waals surface area contributed by atoms with Crippen molar-refractivity contribution in [3.8, 4) is 22.8 Å². The number of thiazole rings is 1. The van der Waals surface area contributed by atoms with Gasteiger partial charge >= 0.3 is 11.9 Å². The lowest BCUT2D eigenvalue weighted by atomic mass is 9.95. The molecule has 1 N–H and O–H groups in total. The molecule has 0 aliphatic carbocycles. The van der Waals surface area contributed by atoms with Crippen LogP contribution in [0, 0.1) is 0 Å². The Hall–Kier alpha value is -4.90. The Bertz CT molecular complexity index is 1880. The second-order valence-electron chi connectivity index (χ2n) is 9.00. The van der Waals surface area contributed by atoms with Crippen LogP contribution in [0.25, 0.3) is 17.4 Å². The molecule has 2 aromatic heterocycles. The summed E-state index contributed by atoms with van der Waals surface area (Å²) in [4.78, 5) is 43.0. The van der Waals surface area contributed by atoms with E-state index >= 15 is 0 Å². The second-order valence-corrected chi connectivity index (χ2v) is 10.0. The third kappa shape index (κ3) is 4.39. The van der Waals surface area contributed by atoms with Gasteiger partial charge in [0.05, 0.1) is 34.0 Å². The smallest absolute Gasteiger partial charge is 0.338 e. The van der Waals surface area contributed by atoms with Crippen LogP contribution in [-0.4, -0.2) is 35.0 Å². The maximum absolute atomic E-state index is 13.8. The number of rotatable bonds is 6. The molecule has 0 saturated carbocycles. The van der Waals surface area contributed by atoms with Gasteiger partial charge in [-0.15, -0.1) is 0 Å². The molecule has 1 atom stereocenters. The van der Waals surface area contributed by atoms with E-state index in [-0.39, 0.29) is 30.1 Å². The number of ether oxygens (including phenoxy) is 3. The molecule has 2 aliphatic rings. The number of allylic oxidation sites excluding steroid dienone is 1. The highest BCUT2D eigenvalue weighted by Crippen LogP contribution is 2.38. The van der Waals surface area contributed by atoms with Crippen molar-refractivity contribution in [1.82, 2.24) is 4.57 Å². The molecular formula is C29H22N2O8S. The molecule has 0 fully saturated rings. The third-order valence-corrected chi connectivity index (χ3v) is 7.53. The Morgan fingerprint density at radius 2 is 1.90 bits per heavy atom. The van der Waals surface area contributed by atoms with Crippen LogP contribution in [0.5, 0.6) is 11.5 Å². The predicted octanol–water partition coefficient (Wildman–Crippen LogP) is 3.49. The predicted molar refractivity (Wildman–Crippen MR) is 144 cm³/mol. The zero-order valence-corrected chi connectivity index (χ0v) is 22.2. The van der Waals surface area contributed by atoms with Gasteiger partial charge in [0, 0.05) is 11.6 Å². The number of benzene rings is 2. The van der Waals surface area contributed by atoms with E-state index in [9.17, 15) is 14.4 Å². The molecule has 40 heavy (non-hydrogen) atoms. The van der Waals surface area contributed by atoms with Crippen molar-refractivity contribution >= 4 is 29.4 Å². The minimum atomic E-state index is -1.01. The quantitative estimate of drug-likeness (QED) is 0.356. The van der Waals surface area contributed by atoms with Gasteiger partial charge in [-0.1, -0.05) is 29.5 Å². The molecule has 2 aromatic carbocycles. The van der Waals surface area contributed by atoms with Gasteiger partial charge in [0.1, 0.15) is 11.5 Å². The summed E-state index contributed by atoms with van der Waals surface area (Å²) >= 11 is 1.18. The number of aromatic nitrogens is 1. The molecule has 0 saturated heterocycles. The fourth-order valence-electron chi connectivity index (χ4n) is 4.68. The molecule has 1 unspecified atom stereocenters. The molecular weight excluding hydrogens is 536 g/mol. The lowest BCUT2D eigenvalue weighted by Crippen LogP contribution is -2.39. The van der Waals surface area contributed by atoms with Crippen LogP contribution in [0.3, 0.4) is 0 Å². The molecule has 0 bridgehead atoms. The molecule has 4 heterocycles. The van der Waals surface area contributed by atoms with E-state index in [1.807, 2.05) is 0 Å². The maximum atomic E-state index is 13.8. The zero-order valence-electron chi connectivity index (χ0n) is 21.4. The maximum Gasteiger partial charge on any atom is 0.338 e. The normalized spacial score (nSPS) is 16.1. The third-order valence-electron chi connectivity index (χ3n) is 6.55. The minimum absolute atomic E-state index is 0.0932. The highest BCUT2D eigenvalue weighted by Gasteiger charge is 2.34. The van der Waals surface area contributed by atoms with E-state index in [1.54, 1.807) is 62.4 Å². The Morgan fingerprint density at radius 1 is 1.12 bits per heavy atom. The molecule has 202 valence electrons. The fourth-order valence-corrected chi connectivity index (χ4v) is 5.71. The van der Waals surface area contributed by atoms with Gasteiger partial charge in [-0.05, 0) is 55.8 Å². The minimum Gasteiger partial charge on any atom is -0.478 e. The van der Waals surface area contributed by atoms with Gasteiger partial charge in [0.25, 0.3) is 5.56 Å². The van der Waals surface area contributed by atoms with Crippen molar-refractivity contribution in [3.05, 3.63) is 102 Å². The topological polar surface area (TPSA) is 130 Å². The summed E-state index contributed by atoms with van der Waals surface area (Å²) in [6.07, 6.45) is 1.62. The molecule has 4 aromatic rings. The summed E-state index contributed by atoms with van der Waals surface area (Å²) in [5, 5.41) is 9.13. The van der Waals surface area contributed by atoms with E-state index in [2.05, 4.69) is 4.99 Å². The number of hydrogen-bond donors (Lipinski definition) is 1. The summed E-state index contributed by atoms with van der Waals surface area (Å²) in [5.74, 6) is 0.503. The standard InChI is InChI=1S/C29H22N2O8S/c1-3-36-28(35)24-15(2)30-29-31(25(24)18-8-10-21-22(12-18)38-14-37-21)26(32)23(40-29)13-19-9-11-20(39-19)16-4-6-17(7-5-16)27(33)34/h4-13,25H,3,14H2,1-2H3,(H,33,34)/b23-13-. The van der Waals surface area contributed by atoms with Crippen LogP contribution in [0.2, 0.25) is 0 Å². The van der Waals surface area contributed by atoms with Crippen LogP contribution in [0.1, 0.15) is 41.6 Å². The summed E-state index contributed by atoms with van der Waals surface area (Å²) in [5.41, 5.74) is 1.90. The average Bonchev–Trinajstić information content (AvgIpc) is 3.67. The van der Waals surface area contributed by atoms with Crippen LogP contribution in [0.4, 0.5) is 0 Å². The van der Waals surface area contributed by atoms with Gasteiger partial charge in [-0.2, -0.15) is 0 Å². The lowest BCUT2D eigenvalue weighted by Gasteiger charge is -2.24. The summed E-state index contributed by atoms with van der Waals surface area (Å²) in [6, 6.07) is 14.3. The molecule has 10 nitrogen and oxygen atoms in total. The molecule has 0 amide bonds. The number of furan rings is 1. The van der Waals surface area contributed by atoms with Gasteiger partial charge in [0.15, 0.2) is 16.3 Å². The van der Waals surface area contributed by atoms with Gasteiger partial charge in [-0.25, -0.2) is 14.6 Å². The van der Waals surface area contributed by atoms with Crippen molar-refractivity contribution in [3.63, 3.8) is 0 Å². The van der Waals surface area contributed by atoms with E-state index in [0.717, 1.165) is 0 Å². The number of fused-ring (bicyclic) bond motifs is 2. The van der Waals surface area contributed by atoms with Crippen LogP contribution >= 0.6 is 11.3 Å². The van der Waals surface area contributed by atoms with Crippen molar-refractivity contribution in [2.75, 3.05) is 13.4 Å². The molecule has 2 aliphatic heterocycles. The fraction of sp³-hybridized carbons (Fsp3) is 0.172. The van der Waals surface area contributed by atoms with Gasteiger partial charge in [-0.3, -0.25) is 9.36 Å². The number of carboxylic acid groups (broad SMARTS) is 1. The molecule has 11 heteroatoms. The Kier molecular flexibility index (Phi) is 6.35. The van der Waals surface area contributed by atoms with E-state index in [4.69, 9.17) is 23.7 Å². The van der Waals surface area contributed by atoms with Crippen molar-refractivity contribution in [2.45, 2.75) is 19.9 Å². The molecule has 0 radical (unpaired) electrons. The Morgan fingerprint density at radius 3 is 2.65 bits per heavy atom. The lowest BCUT2D eigenvalue weighted by molar-refractivity contribution is -0.139. The summed E-state index contributed by atoms with van der Waals surface area (Å²) in [7, 11) is 0. The SMILES string of the molecule is CCOC(=O)C1=C(C)N=c2s/c(=C\c3ccc(-c4ccc(C(=O)O)cc4)o3)c(=O)n2C1c1ccc2c(c1)OCO2. The van der Waals surface area contributed by atoms with Crippen LogP contribution in [-0.2, 0) is 9.53 Å². The largest absolute Gasteiger partial charge is 0.478 e. The van der Waals surface area contributed by atoms with Gasteiger partial charge < -0.3 is 23.7 Å². The van der Waals surface area contributed by atoms with Gasteiger partial charge in [0.2, 0.25) is 6.79 Å². The van der Waals surface area contributed by atoms with E-state index in [1.165, 1.54) is 28.0 Å². The highest BCUT2D eigenvalue weighted by molar-refractivity contribution is 7.07. The molecule has 0 spiro atoms. The number of nitrogens with zero attached hydrogens (tertiary/aromatic N) is 2. The number of carbonyl (C=O) groups excluding carboxylic acids is 1. The first-order chi connectivity index (χ1) is 19.3. The zero-order chi connectivity index (χ0) is 28.0. The van der Waals surface area contributed by atoms with Crippen LogP contribution < -0.4 is 24.4 Å². The monoisotopic (exact) mass is 558 g/mol. The summed E-state index contributed by atoms with van der Waals surface area (Å²) < 4.78 is 24.1. The van der Waals surface area contributed by atoms with Crippen LogP contribution in [0.15, 0.2) is 80.1 Å². The van der Waals surface area contributed by atoms with E-state index in [0.29, 0.717) is 49.2 Å². The Labute approximate surface area is 230 Å². The number of carbonyl (C=O) groups is 2. The number of hydrogen-bond acceptors (Lipinski definition) is 9. The Balaban J connectivity index is 1.44. The average molecular weight is 559 g/mol. The first-order valence-electron chi connectivity index (χ1n) is 12.4. The van der Waals surface area contributed by atoms with E-state index < -0.39 is 18.0 Å². The highest BCUT2D eigenvalue weighted by atomic mass is 32.1. The first kappa shape index (κ1) is 25.4.